The van der Waals surface area contributed by atoms with Gasteiger partial charge in [-0.3, -0.25) is 0 Å². The van der Waals surface area contributed by atoms with Gasteiger partial charge < -0.3 is 28.6 Å². The van der Waals surface area contributed by atoms with Gasteiger partial charge in [0.05, 0.1) is 31.5 Å². The second-order valence-corrected chi connectivity index (χ2v) is 10.6. The van der Waals surface area contributed by atoms with Gasteiger partial charge in [-0.1, -0.05) is 24.3 Å². The highest BCUT2D eigenvalue weighted by molar-refractivity contribution is 5.91. The Bertz CT molecular complexity index is 1560. The summed E-state index contributed by atoms with van der Waals surface area (Å²) < 4.78 is 27.4. The molecular formula is C34H30O8. The third kappa shape index (κ3) is 6.57. The van der Waals surface area contributed by atoms with Crippen LogP contribution in [0.3, 0.4) is 0 Å². The Morgan fingerprint density at radius 1 is 0.714 bits per heavy atom. The van der Waals surface area contributed by atoms with E-state index in [4.69, 9.17) is 33.5 Å². The summed E-state index contributed by atoms with van der Waals surface area (Å²) in [5.74, 6) is 2.25. The molecule has 2 atom stereocenters. The minimum absolute atomic E-state index is 0.181. The molecule has 2 unspecified atom stereocenters. The molecule has 8 heteroatoms. The molecule has 8 nitrogen and oxygen atoms in total. The molecule has 2 aliphatic heterocycles. The highest BCUT2D eigenvalue weighted by Gasteiger charge is 2.24. The zero-order valence-corrected chi connectivity index (χ0v) is 23.0. The molecular weight excluding hydrogens is 536 g/mol. The summed E-state index contributed by atoms with van der Waals surface area (Å²) in [4.78, 5) is 23.8. The Balaban J connectivity index is 0.904. The zero-order valence-electron chi connectivity index (χ0n) is 23.0. The number of carbonyl (C=O) groups is 1. The highest BCUT2D eigenvalue weighted by atomic mass is 17.2. The maximum atomic E-state index is 12.7. The minimum Gasteiger partial charge on any atom is -0.493 e. The first-order chi connectivity index (χ1) is 20.7. The van der Waals surface area contributed by atoms with Crippen molar-refractivity contribution in [2.24, 2.45) is 0 Å². The van der Waals surface area contributed by atoms with Crippen molar-refractivity contribution in [3.05, 3.63) is 107 Å². The fourth-order valence-corrected chi connectivity index (χ4v) is 4.88. The van der Waals surface area contributed by atoms with Crippen molar-refractivity contribution in [3.8, 4) is 34.1 Å². The molecule has 1 aliphatic carbocycles. The van der Waals surface area contributed by atoms with Gasteiger partial charge in [-0.2, -0.15) is 4.89 Å². The summed E-state index contributed by atoms with van der Waals surface area (Å²) in [5.41, 5.74) is 5.90. The van der Waals surface area contributed by atoms with Gasteiger partial charge in [-0.05, 0) is 94.9 Å². The summed E-state index contributed by atoms with van der Waals surface area (Å²) in [5, 5.41) is 0. The number of esters is 1. The average Bonchev–Trinajstić information content (AvgIpc) is 3.95. The Kier molecular flexibility index (Phi) is 7.49. The predicted molar refractivity (Wildman–Crippen MR) is 153 cm³/mol. The van der Waals surface area contributed by atoms with E-state index in [0.29, 0.717) is 55.2 Å². The molecule has 0 amide bonds. The number of carbonyl (C=O) groups excluding carboxylic acids is 1. The first kappa shape index (κ1) is 26.5. The van der Waals surface area contributed by atoms with E-state index in [-0.39, 0.29) is 6.10 Å². The van der Waals surface area contributed by atoms with Gasteiger partial charge in [0.1, 0.15) is 36.6 Å². The Hall–Kier alpha value is -4.37. The molecule has 0 bridgehead atoms. The quantitative estimate of drug-likeness (QED) is 0.0570. The van der Waals surface area contributed by atoms with Crippen LogP contribution in [0.1, 0.15) is 33.5 Å². The SMILES string of the molecule is O=C(Oc1ccc2c(c1)Cc1cc(OOCc3ccc(OCCC4CO4)cc3)ccc1-2)c1ccc(OCC2CO2)cc1. The Morgan fingerprint density at radius 3 is 2.05 bits per heavy atom. The van der Waals surface area contributed by atoms with Crippen LogP contribution >= 0.6 is 0 Å². The van der Waals surface area contributed by atoms with Crippen molar-refractivity contribution < 1.29 is 38.3 Å². The van der Waals surface area contributed by atoms with Crippen LogP contribution in [0.4, 0.5) is 0 Å². The van der Waals surface area contributed by atoms with E-state index in [9.17, 15) is 4.79 Å². The molecule has 0 aromatic heterocycles. The molecule has 7 rings (SSSR count). The first-order valence-corrected chi connectivity index (χ1v) is 14.1. The van der Waals surface area contributed by atoms with Gasteiger partial charge in [0.25, 0.3) is 0 Å². The van der Waals surface area contributed by atoms with Crippen LogP contribution < -0.4 is 19.1 Å². The molecule has 0 N–H and O–H groups in total. The lowest BCUT2D eigenvalue weighted by atomic mass is 10.1. The summed E-state index contributed by atoms with van der Waals surface area (Å²) in [7, 11) is 0. The fourth-order valence-electron chi connectivity index (χ4n) is 4.88. The summed E-state index contributed by atoms with van der Waals surface area (Å²) in [6, 6.07) is 26.4. The van der Waals surface area contributed by atoms with Crippen LogP contribution in [0.25, 0.3) is 11.1 Å². The number of epoxide rings is 2. The van der Waals surface area contributed by atoms with Crippen molar-refractivity contribution in [3.63, 3.8) is 0 Å². The second kappa shape index (κ2) is 11.9. The predicted octanol–water partition coefficient (Wildman–Crippen LogP) is 5.93. The van der Waals surface area contributed by atoms with Crippen molar-refractivity contribution in [1.82, 2.24) is 0 Å². The number of benzene rings is 4. The number of ether oxygens (including phenoxy) is 5. The van der Waals surface area contributed by atoms with Crippen LogP contribution in [0.5, 0.6) is 23.0 Å². The van der Waals surface area contributed by atoms with Crippen molar-refractivity contribution in [2.45, 2.75) is 31.7 Å². The van der Waals surface area contributed by atoms with Crippen LogP contribution in [0.2, 0.25) is 0 Å². The molecule has 214 valence electrons. The van der Waals surface area contributed by atoms with Crippen molar-refractivity contribution in [2.75, 3.05) is 26.4 Å². The van der Waals surface area contributed by atoms with E-state index in [1.165, 1.54) is 0 Å². The minimum atomic E-state index is -0.416. The molecule has 0 saturated carbocycles. The van der Waals surface area contributed by atoms with Gasteiger partial charge in [0, 0.05) is 6.42 Å². The third-order valence-electron chi connectivity index (χ3n) is 7.38. The smallest absolute Gasteiger partial charge is 0.343 e. The standard InChI is InChI=1S/C34H30O8/c35-34(23-3-7-27(8-4-23)37-20-31-21-39-31)41-28-9-11-32-24(16-28)15-25-17-29(10-12-33(25)32)42-40-18-22-1-5-26(6-2-22)36-14-13-30-19-38-30/h1-12,16-17,30-31H,13-15,18-21H2. The van der Waals surface area contributed by atoms with Gasteiger partial charge in [-0.25, -0.2) is 4.79 Å². The summed E-state index contributed by atoms with van der Waals surface area (Å²) in [6.07, 6.45) is 2.18. The molecule has 2 fully saturated rings. The first-order valence-electron chi connectivity index (χ1n) is 14.1. The molecule has 2 saturated heterocycles. The fraction of sp³-hybridized carbons (Fsp3) is 0.265. The molecule has 4 aromatic rings. The molecule has 3 aliphatic rings. The van der Waals surface area contributed by atoms with Crippen molar-refractivity contribution in [1.29, 1.82) is 0 Å². The number of hydrogen-bond donors (Lipinski definition) is 0. The maximum absolute atomic E-state index is 12.7. The summed E-state index contributed by atoms with van der Waals surface area (Å²) >= 11 is 0. The largest absolute Gasteiger partial charge is 0.493 e. The molecule has 0 radical (unpaired) electrons. The Labute approximate surface area is 243 Å². The highest BCUT2D eigenvalue weighted by Crippen LogP contribution is 2.40. The van der Waals surface area contributed by atoms with Crippen LogP contribution in [0.15, 0.2) is 84.9 Å². The molecule has 2 heterocycles. The molecule has 42 heavy (non-hydrogen) atoms. The molecule has 0 spiro atoms. The second-order valence-electron chi connectivity index (χ2n) is 10.6. The van der Waals surface area contributed by atoms with E-state index in [0.717, 1.165) is 53.2 Å². The zero-order chi connectivity index (χ0) is 28.3. The van der Waals surface area contributed by atoms with E-state index < -0.39 is 5.97 Å². The average molecular weight is 567 g/mol. The van der Waals surface area contributed by atoms with Crippen molar-refractivity contribution >= 4 is 5.97 Å². The lowest BCUT2D eigenvalue weighted by molar-refractivity contribution is -0.217. The van der Waals surface area contributed by atoms with E-state index in [2.05, 4.69) is 0 Å². The lowest BCUT2D eigenvalue weighted by Crippen LogP contribution is -2.09. The van der Waals surface area contributed by atoms with Crippen LogP contribution in [-0.2, 0) is 27.4 Å². The van der Waals surface area contributed by atoms with E-state index in [1.54, 1.807) is 24.3 Å². The van der Waals surface area contributed by atoms with E-state index in [1.807, 2.05) is 60.7 Å². The monoisotopic (exact) mass is 566 g/mol. The number of rotatable bonds is 13. The van der Waals surface area contributed by atoms with Gasteiger partial charge in [0.2, 0.25) is 0 Å². The van der Waals surface area contributed by atoms with Gasteiger partial charge in [0.15, 0.2) is 5.75 Å². The normalized spacial score (nSPS) is 17.6. The van der Waals surface area contributed by atoms with Gasteiger partial charge in [-0.15, -0.1) is 0 Å². The maximum Gasteiger partial charge on any atom is 0.343 e. The number of hydrogen-bond acceptors (Lipinski definition) is 8. The van der Waals surface area contributed by atoms with Crippen LogP contribution in [-0.4, -0.2) is 44.6 Å². The number of fused-ring (bicyclic) bond motifs is 3. The summed E-state index contributed by atoms with van der Waals surface area (Å²) in [6.45, 7) is 3.07. The van der Waals surface area contributed by atoms with E-state index >= 15 is 0 Å². The molecule has 4 aromatic carbocycles. The topological polar surface area (TPSA) is 88.3 Å². The lowest BCUT2D eigenvalue weighted by Gasteiger charge is -2.09. The third-order valence-corrected chi connectivity index (χ3v) is 7.38. The van der Waals surface area contributed by atoms with Crippen LogP contribution in [0, 0.1) is 0 Å². The van der Waals surface area contributed by atoms with Gasteiger partial charge >= 0.3 is 5.97 Å². The Morgan fingerprint density at radius 2 is 1.33 bits per heavy atom.